The monoisotopic (exact) mass is 271 g/mol. The number of carbonyl (C=O) groups is 1. The number of hydrogen-bond acceptors (Lipinski definition) is 3. The number of nitrogens with zero attached hydrogens (tertiary/aromatic N) is 1. The Labute approximate surface area is 119 Å². The van der Waals surface area contributed by atoms with E-state index in [1.165, 1.54) is 0 Å². The van der Waals surface area contributed by atoms with Crippen LogP contribution in [0.3, 0.4) is 0 Å². The summed E-state index contributed by atoms with van der Waals surface area (Å²) in [7, 11) is 0. The smallest absolute Gasteiger partial charge is 0.242 e. The van der Waals surface area contributed by atoms with Gasteiger partial charge < -0.3 is 10.6 Å². The molecule has 0 aliphatic rings. The number of rotatable bonds is 5. The molecule has 1 aromatic heterocycles. The van der Waals surface area contributed by atoms with Crippen molar-refractivity contribution in [1.82, 2.24) is 10.3 Å². The lowest BCUT2D eigenvalue weighted by molar-refractivity contribution is -0.121. The summed E-state index contributed by atoms with van der Waals surface area (Å²) in [5.41, 5.74) is 2.83. The molecular formula is C16H21N3O. The summed E-state index contributed by atoms with van der Waals surface area (Å²) < 4.78 is 0. The first-order chi connectivity index (χ1) is 9.61. The molecule has 1 amide bonds. The fraction of sp³-hybridized carbons (Fsp3) is 0.375. The molecule has 0 bridgehead atoms. The number of carbonyl (C=O) groups excluding carboxylic acids is 1. The first-order valence-corrected chi connectivity index (χ1v) is 7.02. The van der Waals surface area contributed by atoms with E-state index >= 15 is 0 Å². The number of anilines is 1. The minimum absolute atomic E-state index is 0.0189. The molecule has 106 valence electrons. The zero-order chi connectivity index (χ0) is 14.5. The number of aryl methyl sites for hydroxylation is 1. The van der Waals surface area contributed by atoms with Gasteiger partial charge in [-0.15, -0.1) is 0 Å². The van der Waals surface area contributed by atoms with Crippen LogP contribution in [0.15, 0.2) is 30.3 Å². The van der Waals surface area contributed by atoms with Crippen molar-refractivity contribution < 1.29 is 4.79 Å². The summed E-state index contributed by atoms with van der Waals surface area (Å²) in [6, 6.07) is 9.65. The lowest BCUT2D eigenvalue weighted by atomic mass is 10.1. The fourth-order valence-electron chi connectivity index (χ4n) is 2.13. The Morgan fingerprint density at radius 3 is 2.85 bits per heavy atom. The topological polar surface area (TPSA) is 54.0 Å². The fourth-order valence-corrected chi connectivity index (χ4v) is 2.13. The van der Waals surface area contributed by atoms with E-state index in [2.05, 4.69) is 15.6 Å². The van der Waals surface area contributed by atoms with E-state index in [1.54, 1.807) is 0 Å². The summed E-state index contributed by atoms with van der Waals surface area (Å²) in [6.45, 7) is 6.58. The average molecular weight is 271 g/mol. The molecule has 1 aromatic carbocycles. The second-order valence-corrected chi connectivity index (χ2v) is 4.99. The minimum atomic E-state index is -0.272. The van der Waals surface area contributed by atoms with Gasteiger partial charge in [0.1, 0.15) is 6.04 Å². The van der Waals surface area contributed by atoms with E-state index < -0.39 is 0 Å². The van der Waals surface area contributed by atoms with Crippen LogP contribution in [0.25, 0.3) is 10.9 Å². The van der Waals surface area contributed by atoms with Gasteiger partial charge >= 0.3 is 0 Å². The van der Waals surface area contributed by atoms with Crippen molar-refractivity contribution in [3.05, 3.63) is 36.0 Å². The summed E-state index contributed by atoms with van der Waals surface area (Å²) in [5.74, 6) is 0.0189. The standard InChI is InChI=1S/C16H21N3O/c1-4-9-17-16(20)12(3)19-15-10-11(2)18-14-8-6-5-7-13(14)15/h5-8,10,12H,4,9H2,1-3H3,(H,17,20)(H,18,19). The molecule has 0 saturated heterocycles. The van der Waals surface area contributed by atoms with E-state index in [9.17, 15) is 4.79 Å². The van der Waals surface area contributed by atoms with Crippen LogP contribution < -0.4 is 10.6 Å². The van der Waals surface area contributed by atoms with Crippen molar-refractivity contribution in [2.45, 2.75) is 33.2 Å². The molecule has 1 atom stereocenters. The van der Waals surface area contributed by atoms with Crippen molar-refractivity contribution in [3.8, 4) is 0 Å². The number of benzene rings is 1. The molecule has 0 radical (unpaired) electrons. The van der Waals surface area contributed by atoms with Crippen LogP contribution in [-0.4, -0.2) is 23.5 Å². The number of aromatic nitrogens is 1. The quantitative estimate of drug-likeness (QED) is 0.879. The molecule has 20 heavy (non-hydrogen) atoms. The zero-order valence-corrected chi connectivity index (χ0v) is 12.2. The summed E-state index contributed by atoms with van der Waals surface area (Å²) in [4.78, 5) is 16.4. The summed E-state index contributed by atoms with van der Waals surface area (Å²) in [6.07, 6.45) is 0.940. The second kappa shape index (κ2) is 6.37. The number of hydrogen-bond donors (Lipinski definition) is 2. The first-order valence-electron chi connectivity index (χ1n) is 7.02. The van der Waals surface area contributed by atoms with Gasteiger partial charge in [-0.05, 0) is 32.4 Å². The van der Waals surface area contributed by atoms with E-state index in [-0.39, 0.29) is 11.9 Å². The maximum absolute atomic E-state index is 11.9. The number of fused-ring (bicyclic) bond motifs is 1. The number of pyridine rings is 1. The van der Waals surface area contributed by atoms with Crippen molar-refractivity contribution in [1.29, 1.82) is 0 Å². The van der Waals surface area contributed by atoms with E-state index in [1.807, 2.05) is 51.1 Å². The molecule has 2 rings (SSSR count). The number of para-hydroxylation sites is 1. The van der Waals surface area contributed by atoms with Gasteiger partial charge in [-0.3, -0.25) is 9.78 Å². The van der Waals surface area contributed by atoms with Crippen LogP contribution in [0.5, 0.6) is 0 Å². The molecule has 2 aromatic rings. The van der Waals surface area contributed by atoms with Crippen molar-refractivity contribution in [3.63, 3.8) is 0 Å². The van der Waals surface area contributed by atoms with Crippen molar-refractivity contribution in [2.24, 2.45) is 0 Å². The van der Waals surface area contributed by atoms with Gasteiger partial charge in [0.05, 0.1) is 5.52 Å². The zero-order valence-electron chi connectivity index (χ0n) is 12.2. The first kappa shape index (κ1) is 14.3. The van der Waals surface area contributed by atoms with E-state index in [4.69, 9.17) is 0 Å². The van der Waals surface area contributed by atoms with Gasteiger partial charge in [-0.1, -0.05) is 25.1 Å². The van der Waals surface area contributed by atoms with Gasteiger partial charge in [0.25, 0.3) is 0 Å². The Bertz CT molecular complexity index is 610. The highest BCUT2D eigenvalue weighted by Gasteiger charge is 2.13. The maximum atomic E-state index is 11.9. The van der Waals surface area contributed by atoms with Gasteiger partial charge in [-0.2, -0.15) is 0 Å². The Balaban J connectivity index is 2.22. The molecule has 0 saturated carbocycles. The largest absolute Gasteiger partial charge is 0.373 e. The average Bonchev–Trinajstić information content (AvgIpc) is 2.44. The molecular weight excluding hydrogens is 250 g/mol. The van der Waals surface area contributed by atoms with Gasteiger partial charge in [0, 0.05) is 23.3 Å². The van der Waals surface area contributed by atoms with E-state index in [0.717, 1.165) is 28.7 Å². The van der Waals surface area contributed by atoms with Gasteiger partial charge in [0.2, 0.25) is 5.91 Å². The molecule has 1 heterocycles. The van der Waals surface area contributed by atoms with Crippen molar-refractivity contribution >= 4 is 22.5 Å². The number of amides is 1. The third-order valence-corrected chi connectivity index (χ3v) is 3.16. The SMILES string of the molecule is CCCNC(=O)C(C)Nc1cc(C)nc2ccccc12. The van der Waals surface area contributed by atoms with Crippen LogP contribution in [0.1, 0.15) is 26.0 Å². The minimum Gasteiger partial charge on any atom is -0.373 e. The second-order valence-electron chi connectivity index (χ2n) is 4.99. The Morgan fingerprint density at radius 1 is 1.35 bits per heavy atom. The van der Waals surface area contributed by atoms with Gasteiger partial charge in [0.15, 0.2) is 0 Å². The van der Waals surface area contributed by atoms with Crippen LogP contribution in [0.2, 0.25) is 0 Å². The highest BCUT2D eigenvalue weighted by molar-refractivity contribution is 5.94. The lowest BCUT2D eigenvalue weighted by Gasteiger charge is -2.17. The Kier molecular flexibility index (Phi) is 4.56. The molecule has 4 heteroatoms. The van der Waals surface area contributed by atoms with Crippen LogP contribution in [0.4, 0.5) is 5.69 Å². The predicted octanol–water partition coefficient (Wildman–Crippen LogP) is 2.87. The molecule has 1 unspecified atom stereocenters. The van der Waals surface area contributed by atoms with Gasteiger partial charge in [-0.25, -0.2) is 0 Å². The third kappa shape index (κ3) is 3.26. The molecule has 4 nitrogen and oxygen atoms in total. The Morgan fingerprint density at radius 2 is 2.10 bits per heavy atom. The van der Waals surface area contributed by atoms with Crippen LogP contribution in [-0.2, 0) is 4.79 Å². The van der Waals surface area contributed by atoms with Crippen LogP contribution >= 0.6 is 0 Å². The maximum Gasteiger partial charge on any atom is 0.242 e. The molecule has 0 spiro atoms. The third-order valence-electron chi connectivity index (χ3n) is 3.16. The van der Waals surface area contributed by atoms with Crippen molar-refractivity contribution in [2.75, 3.05) is 11.9 Å². The van der Waals surface area contributed by atoms with E-state index in [0.29, 0.717) is 6.54 Å². The summed E-state index contributed by atoms with van der Waals surface area (Å²) >= 11 is 0. The molecule has 0 fully saturated rings. The normalized spacial score (nSPS) is 12.2. The summed E-state index contributed by atoms with van der Waals surface area (Å²) in [5, 5.41) is 7.22. The lowest BCUT2D eigenvalue weighted by Crippen LogP contribution is -2.37. The molecule has 2 N–H and O–H groups in total. The Hall–Kier alpha value is -2.10. The number of nitrogens with one attached hydrogen (secondary N) is 2. The highest BCUT2D eigenvalue weighted by Crippen LogP contribution is 2.23. The molecule has 0 aliphatic carbocycles. The van der Waals surface area contributed by atoms with Crippen LogP contribution in [0, 0.1) is 6.92 Å². The molecule has 0 aliphatic heterocycles. The highest BCUT2D eigenvalue weighted by atomic mass is 16.2. The predicted molar refractivity (Wildman–Crippen MR) is 82.9 cm³/mol.